The van der Waals surface area contributed by atoms with Crippen LogP contribution < -0.4 is 5.56 Å². The van der Waals surface area contributed by atoms with E-state index in [1.165, 1.54) is 16.9 Å². The van der Waals surface area contributed by atoms with Crippen LogP contribution in [0.1, 0.15) is 16.9 Å². The number of hydrogen-bond donors (Lipinski definition) is 1. The topological polar surface area (TPSA) is 37.8 Å². The van der Waals surface area contributed by atoms with Crippen molar-refractivity contribution in [3.05, 3.63) is 25.4 Å². The number of fused-ring (bicyclic) bond motifs is 3. The van der Waals surface area contributed by atoms with Gasteiger partial charge in [0.1, 0.15) is 4.83 Å². The summed E-state index contributed by atoms with van der Waals surface area (Å²) < 4.78 is 2.00. The summed E-state index contributed by atoms with van der Waals surface area (Å²) in [5.41, 5.74) is 2.32. The zero-order chi connectivity index (χ0) is 10.6. The average Bonchev–Trinajstić information content (AvgIpc) is 2.73. The summed E-state index contributed by atoms with van der Waals surface area (Å²) in [4.78, 5) is 17.2. The fraction of sp³-hybridized carbons (Fsp3) is 0.400. The van der Waals surface area contributed by atoms with Crippen LogP contribution in [-0.4, -0.2) is 9.55 Å². The molecule has 0 saturated heterocycles. The van der Waals surface area contributed by atoms with Crippen molar-refractivity contribution < 1.29 is 0 Å². The third kappa shape index (κ3) is 1.16. The number of aromatic nitrogens is 2. The molecule has 1 aliphatic rings. The van der Waals surface area contributed by atoms with Crippen molar-refractivity contribution >= 4 is 33.9 Å². The molecule has 2 heterocycles. The Morgan fingerprint density at radius 2 is 2.27 bits per heavy atom. The minimum absolute atomic E-state index is 0.0926. The molecule has 0 radical (unpaired) electrons. The fourth-order valence-electron chi connectivity index (χ4n) is 2.24. The van der Waals surface area contributed by atoms with Crippen LogP contribution in [0.15, 0.2) is 4.79 Å². The van der Waals surface area contributed by atoms with Crippen molar-refractivity contribution in [1.29, 1.82) is 0 Å². The smallest absolute Gasteiger partial charge is 0.285 e. The van der Waals surface area contributed by atoms with Gasteiger partial charge in [-0.15, -0.1) is 11.3 Å². The van der Waals surface area contributed by atoms with Crippen molar-refractivity contribution in [2.24, 2.45) is 7.05 Å². The minimum atomic E-state index is -0.0926. The fourth-order valence-corrected chi connectivity index (χ4v) is 3.87. The van der Waals surface area contributed by atoms with Gasteiger partial charge in [-0.1, -0.05) is 12.2 Å². The molecule has 15 heavy (non-hydrogen) atoms. The predicted molar refractivity (Wildman–Crippen MR) is 64.3 cm³/mol. The molecular weight excluding hydrogens is 228 g/mol. The van der Waals surface area contributed by atoms with Gasteiger partial charge in [0.25, 0.3) is 5.56 Å². The number of nitrogens with one attached hydrogen (secondary N) is 1. The Labute approximate surface area is 95.4 Å². The van der Waals surface area contributed by atoms with Gasteiger partial charge in [0.15, 0.2) is 4.64 Å². The van der Waals surface area contributed by atoms with Gasteiger partial charge in [0.2, 0.25) is 0 Å². The highest BCUT2D eigenvalue weighted by molar-refractivity contribution is 7.71. The zero-order valence-electron chi connectivity index (χ0n) is 8.29. The lowest BCUT2D eigenvalue weighted by atomic mass is 10.2. The average molecular weight is 238 g/mol. The second-order valence-corrected chi connectivity index (χ2v) is 5.37. The molecule has 78 valence electrons. The van der Waals surface area contributed by atoms with Crippen molar-refractivity contribution in [2.75, 3.05) is 0 Å². The second-order valence-electron chi connectivity index (χ2n) is 3.85. The predicted octanol–water partition coefficient (Wildman–Crippen LogP) is 2.15. The highest BCUT2D eigenvalue weighted by Gasteiger charge is 2.20. The summed E-state index contributed by atoms with van der Waals surface area (Å²) in [6.45, 7) is 0. The van der Waals surface area contributed by atoms with Crippen molar-refractivity contribution in [1.82, 2.24) is 9.55 Å². The van der Waals surface area contributed by atoms with E-state index in [4.69, 9.17) is 12.2 Å². The highest BCUT2D eigenvalue weighted by Crippen LogP contribution is 2.35. The molecular formula is C10H10N2OS2. The SMILES string of the molecule is Cn1c(=O)c(=S)[nH]c2sc3c(c21)CCC3. The molecule has 1 N–H and O–H groups in total. The lowest BCUT2D eigenvalue weighted by Crippen LogP contribution is -2.18. The molecule has 3 rings (SSSR count). The quantitative estimate of drug-likeness (QED) is 0.714. The molecule has 2 aromatic heterocycles. The molecule has 3 nitrogen and oxygen atoms in total. The van der Waals surface area contributed by atoms with E-state index >= 15 is 0 Å². The van der Waals surface area contributed by atoms with Gasteiger partial charge >= 0.3 is 0 Å². The summed E-state index contributed by atoms with van der Waals surface area (Å²) >= 11 is 6.73. The summed E-state index contributed by atoms with van der Waals surface area (Å²) in [5.74, 6) is 0. The number of aromatic amines is 1. The van der Waals surface area contributed by atoms with E-state index in [1.807, 2.05) is 0 Å². The summed E-state index contributed by atoms with van der Waals surface area (Å²) in [5, 5.41) is 0. The Bertz CT molecular complexity index is 662. The van der Waals surface area contributed by atoms with Gasteiger partial charge in [-0.2, -0.15) is 0 Å². The van der Waals surface area contributed by atoms with E-state index in [1.54, 1.807) is 23.0 Å². The Balaban J connectivity index is 2.57. The number of aryl methyl sites for hydroxylation is 3. The third-order valence-corrected chi connectivity index (χ3v) is 4.43. The highest BCUT2D eigenvalue weighted by atomic mass is 32.1. The van der Waals surface area contributed by atoms with Crippen molar-refractivity contribution in [2.45, 2.75) is 19.3 Å². The molecule has 1 aliphatic carbocycles. The van der Waals surface area contributed by atoms with Crippen molar-refractivity contribution in [3.8, 4) is 0 Å². The molecule has 2 aromatic rings. The van der Waals surface area contributed by atoms with E-state index in [9.17, 15) is 4.79 Å². The van der Waals surface area contributed by atoms with Gasteiger partial charge in [-0.3, -0.25) is 4.79 Å². The number of H-pyrrole nitrogens is 1. The van der Waals surface area contributed by atoms with Crippen LogP contribution in [0.5, 0.6) is 0 Å². The normalized spacial score (nSPS) is 14.7. The van der Waals surface area contributed by atoms with Gasteiger partial charge < -0.3 is 9.55 Å². The molecule has 0 aliphatic heterocycles. The minimum Gasteiger partial charge on any atom is -0.332 e. The van der Waals surface area contributed by atoms with Crippen LogP contribution >= 0.6 is 23.6 Å². The largest absolute Gasteiger partial charge is 0.332 e. The maximum absolute atomic E-state index is 11.7. The second kappa shape index (κ2) is 3.02. The lowest BCUT2D eigenvalue weighted by molar-refractivity contribution is 0.871. The first-order valence-electron chi connectivity index (χ1n) is 4.92. The van der Waals surface area contributed by atoms with Crippen molar-refractivity contribution in [3.63, 3.8) is 0 Å². The number of thiophene rings is 1. The monoisotopic (exact) mass is 238 g/mol. The Kier molecular flexibility index (Phi) is 1.87. The molecule has 0 unspecified atom stereocenters. The van der Waals surface area contributed by atoms with Gasteiger partial charge in [-0.25, -0.2) is 0 Å². The van der Waals surface area contributed by atoms with Crippen LogP contribution in [0.3, 0.4) is 0 Å². The van der Waals surface area contributed by atoms with Gasteiger partial charge in [0.05, 0.1) is 5.52 Å². The molecule has 0 amide bonds. The van der Waals surface area contributed by atoms with E-state index < -0.39 is 0 Å². The zero-order valence-corrected chi connectivity index (χ0v) is 9.93. The molecule has 0 aromatic carbocycles. The van der Waals surface area contributed by atoms with Crippen LogP contribution in [-0.2, 0) is 19.9 Å². The first-order valence-corrected chi connectivity index (χ1v) is 6.14. The summed E-state index contributed by atoms with van der Waals surface area (Å²) in [7, 11) is 1.81. The maximum Gasteiger partial charge on any atom is 0.285 e. The van der Waals surface area contributed by atoms with E-state index in [-0.39, 0.29) is 5.56 Å². The number of hydrogen-bond acceptors (Lipinski definition) is 3. The number of nitrogens with zero attached hydrogens (tertiary/aromatic N) is 1. The van der Waals surface area contributed by atoms with Crippen LogP contribution in [0, 0.1) is 4.64 Å². The molecule has 0 spiro atoms. The Morgan fingerprint density at radius 3 is 3.07 bits per heavy atom. The molecule has 0 bridgehead atoms. The van der Waals surface area contributed by atoms with E-state index in [0.717, 1.165) is 23.2 Å². The van der Waals surface area contributed by atoms with Crippen LogP contribution in [0.4, 0.5) is 0 Å². The van der Waals surface area contributed by atoms with Gasteiger partial charge in [-0.05, 0) is 24.8 Å². The third-order valence-electron chi connectivity index (χ3n) is 2.95. The van der Waals surface area contributed by atoms with Crippen LogP contribution in [0.25, 0.3) is 10.3 Å². The standard InChI is InChI=1S/C10H10N2OS2/c1-12-7-5-3-2-4-6(5)15-9(7)11-8(14)10(12)13/h2-4H2,1H3,(H,11,14). The first-order chi connectivity index (χ1) is 7.18. The molecule has 5 heteroatoms. The Hall–Kier alpha value is -0.940. The molecule has 0 saturated carbocycles. The summed E-state index contributed by atoms with van der Waals surface area (Å²) in [6.07, 6.45) is 3.44. The molecule has 0 atom stereocenters. The Morgan fingerprint density at radius 1 is 1.47 bits per heavy atom. The maximum atomic E-state index is 11.7. The lowest BCUT2D eigenvalue weighted by Gasteiger charge is -2.01. The van der Waals surface area contributed by atoms with Gasteiger partial charge in [0, 0.05) is 11.9 Å². The molecule has 0 fully saturated rings. The van der Waals surface area contributed by atoms with E-state index in [0.29, 0.717) is 4.64 Å². The van der Waals surface area contributed by atoms with Crippen LogP contribution in [0.2, 0.25) is 0 Å². The number of rotatable bonds is 0. The summed E-state index contributed by atoms with van der Waals surface area (Å²) in [6, 6.07) is 0. The van der Waals surface area contributed by atoms with E-state index in [2.05, 4.69) is 4.98 Å². The first kappa shape index (κ1) is 9.30.